The molecule has 0 radical (unpaired) electrons. The molecule has 0 aliphatic rings. The van der Waals surface area contributed by atoms with Crippen molar-refractivity contribution in [3.63, 3.8) is 0 Å². The number of ether oxygens (including phenoxy) is 1. The summed E-state index contributed by atoms with van der Waals surface area (Å²) in [6.45, 7) is 10.8. The molecule has 7 aromatic rings. The maximum atomic E-state index is 6.35. The molecule has 0 unspecified atom stereocenters. The van der Waals surface area contributed by atoms with Crippen molar-refractivity contribution in [1.29, 1.82) is 0 Å². The molecular formula is C38H32N4OPt. The first kappa shape index (κ1) is 29.6. The Hall–Kier alpha value is -4.47. The second-order valence-electron chi connectivity index (χ2n) is 11.5. The Morgan fingerprint density at radius 2 is 1.57 bits per heavy atom. The Balaban J connectivity index is 0.00000343. The van der Waals surface area contributed by atoms with Crippen LogP contribution in [0.5, 0.6) is 11.5 Å². The van der Waals surface area contributed by atoms with Gasteiger partial charge in [-0.25, -0.2) is 4.98 Å². The van der Waals surface area contributed by atoms with Gasteiger partial charge in [0.15, 0.2) is 0 Å². The average molecular weight is 756 g/mol. The number of rotatable bonds is 6. The first-order chi connectivity index (χ1) is 20.9. The van der Waals surface area contributed by atoms with E-state index in [0.29, 0.717) is 17.4 Å². The standard InChI is InChI=1S/C38H32N4O.Pt/c1-24(2)28-15-16-39-37(19-28)42-35-12-7-6-11-33(35)34-14-13-32(21-36(34)42)43-31-10-8-9-30(20-31)41-23-29(22-40-41)38-26(4)17-25(3)18-27(38)5;/h6-19,22-24H,1-5H3;/q-2;+2. The summed E-state index contributed by atoms with van der Waals surface area (Å²) in [5.74, 6) is 2.47. The van der Waals surface area contributed by atoms with Gasteiger partial charge < -0.3 is 9.30 Å². The Bertz CT molecular complexity index is 2120. The second kappa shape index (κ2) is 11.9. The molecule has 0 spiro atoms. The average Bonchev–Trinajstić information content (AvgIpc) is 3.60. The first-order valence-electron chi connectivity index (χ1n) is 14.6. The van der Waals surface area contributed by atoms with Crippen molar-refractivity contribution in [1.82, 2.24) is 19.3 Å². The zero-order valence-electron chi connectivity index (χ0n) is 25.3. The van der Waals surface area contributed by atoms with Crippen LogP contribution in [0.4, 0.5) is 0 Å². The van der Waals surface area contributed by atoms with E-state index in [-0.39, 0.29) is 21.1 Å². The van der Waals surface area contributed by atoms with Gasteiger partial charge in [0.25, 0.3) is 0 Å². The molecule has 0 saturated heterocycles. The van der Waals surface area contributed by atoms with Gasteiger partial charge in [-0.3, -0.25) is 4.68 Å². The monoisotopic (exact) mass is 755 g/mol. The van der Waals surface area contributed by atoms with E-state index >= 15 is 0 Å². The SMILES string of the molecule is Cc1cc(C)c(-c2cnn(-c3[c-]c(Oc4[c-]c5c(cc4)c4ccccc4n5-c4cc(C(C)C)ccn4)ccc3)c2)c(C)c1.[Pt+2]. The van der Waals surface area contributed by atoms with Gasteiger partial charge in [-0.1, -0.05) is 55.3 Å². The zero-order chi connectivity index (χ0) is 29.7. The van der Waals surface area contributed by atoms with E-state index < -0.39 is 0 Å². The molecule has 7 rings (SSSR count). The summed E-state index contributed by atoms with van der Waals surface area (Å²) in [7, 11) is 0. The molecule has 0 aliphatic carbocycles. The van der Waals surface area contributed by atoms with Gasteiger partial charge in [0.1, 0.15) is 5.82 Å². The van der Waals surface area contributed by atoms with Crippen LogP contribution in [-0.4, -0.2) is 19.3 Å². The predicted octanol–water partition coefficient (Wildman–Crippen LogP) is 9.47. The molecule has 44 heavy (non-hydrogen) atoms. The zero-order valence-corrected chi connectivity index (χ0v) is 27.6. The summed E-state index contributed by atoms with van der Waals surface area (Å²) in [4.78, 5) is 4.75. The molecule has 3 aromatic heterocycles. The minimum atomic E-state index is 0. The van der Waals surface area contributed by atoms with Gasteiger partial charge in [-0.15, -0.1) is 35.7 Å². The van der Waals surface area contributed by atoms with E-state index in [9.17, 15) is 0 Å². The van der Waals surface area contributed by atoms with Gasteiger partial charge in [0.2, 0.25) is 0 Å². The quantitative estimate of drug-likeness (QED) is 0.159. The predicted molar refractivity (Wildman–Crippen MR) is 174 cm³/mol. The number of pyridine rings is 1. The van der Waals surface area contributed by atoms with E-state index in [1.165, 1.54) is 27.8 Å². The van der Waals surface area contributed by atoms with Gasteiger partial charge >= 0.3 is 21.1 Å². The molecule has 5 nitrogen and oxygen atoms in total. The fraction of sp³-hybridized carbons (Fsp3) is 0.158. The number of benzene rings is 4. The Kier molecular flexibility index (Phi) is 8.00. The van der Waals surface area contributed by atoms with Gasteiger partial charge in [0.05, 0.1) is 6.20 Å². The number of para-hydroxylation sites is 1. The van der Waals surface area contributed by atoms with Crippen molar-refractivity contribution in [3.05, 3.63) is 132 Å². The summed E-state index contributed by atoms with van der Waals surface area (Å²) in [5, 5.41) is 6.91. The van der Waals surface area contributed by atoms with Crippen LogP contribution in [0.15, 0.2) is 97.5 Å². The van der Waals surface area contributed by atoms with Crippen LogP contribution >= 0.6 is 0 Å². The van der Waals surface area contributed by atoms with E-state index in [1.54, 1.807) is 0 Å². The van der Waals surface area contributed by atoms with Crippen molar-refractivity contribution >= 4 is 21.8 Å². The normalized spacial score (nSPS) is 11.3. The molecule has 4 aromatic carbocycles. The van der Waals surface area contributed by atoms with Crippen LogP contribution in [0.2, 0.25) is 0 Å². The number of hydrogen-bond donors (Lipinski definition) is 0. The molecule has 220 valence electrons. The number of fused-ring (bicyclic) bond motifs is 3. The summed E-state index contributed by atoms with van der Waals surface area (Å²) in [6, 6.07) is 33.9. The third-order valence-corrected chi connectivity index (χ3v) is 7.99. The van der Waals surface area contributed by atoms with Gasteiger partial charge in [0, 0.05) is 35.0 Å². The smallest absolute Gasteiger partial charge is 0.509 e. The number of aryl methyl sites for hydroxylation is 3. The molecule has 0 saturated carbocycles. The maximum Gasteiger partial charge on any atom is 2.00 e. The molecule has 3 heterocycles. The largest absolute Gasteiger partial charge is 2.00 e. The first-order valence-corrected chi connectivity index (χ1v) is 14.6. The van der Waals surface area contributed by atoms with Gasteiger partial charge in [-0.05, 0) is 78.2 Å². The second-order valence-corrected chi connectivity index (χ2v) is 11.5. The fourth-order valence-electron chi connectivity index (χ4n) is 6.05. The van der Waals surface area contributed by atoms with Crippen molar-refractivity contribution in [2.75, 3.05) is 0 Å². The van der Waals surface area contributed by atoms with E-state index in [2.05, 4.69) is 117 Å². The molecule has 0 bridgehead atoms. The molecular weight excluding hydrogens is 724 g/mol. The summed E-state index contributed by atoms with van der Waals surface area (Å²) in [5.41, 5.74) is 10.1. The maximum absolute atomic E-state index is 6.35. The van der Waals surface area contributed by atoms with Crippen molar-refractivity contribution in [3.8, 4) is 34.1 Å². The summed E-state index contributed by atoms with van der Waals surface area (Å²) < 4.78 is 10.4. The fourth-order valence-corrected chi connectivity index (χ4v) is 6.05. The molecule has 0 aliphatic heterocycles. The molecule has 0 fully saturated rings. The third-order valence-electron chi connectivity index (χ3n) is 7.99. The van der Waals surface area contributed by atoms with E-state index in [1.807, 2.05) is 41.3 Å². The van der Waals surface area contributed by atoms with Crippen molar-refractivity contribution in [2.45, 2.75) is 40.5 Å². The number of nitrogens with zero attached hydrogens (tertiary/aromatic N) is 4. The Morgan fingerprint density at radius 3 is 2.36 bits per heavy atom. The number of aromatic nitrogens is 4. The van der Waals surface area contributed by atoms with E-state index in [0.717, 1.165) is 38.9 Å². The van der Waals surface area contributed by atoms with Crippen LogP contribution in [0, 0.1) is 32.9 Å². The van der Waals surface area contributed by atoms with Crippen LogP contribution < -0.4 is 4.74 Å². The van der Waals surface area contributed by atoms with Crippen LogP contribution in [0.25, 0.3) is 44.4 Å². The number of hydrogen-bond acceptors (Lipinski definition) is 3. The molecule has 0 N–H and O–H groups in total. The van der Waals surface area contributed by atoms with Crippen LogP contribution in [0.1, 0.15) is 42.0 Å². The van der Waals surface area contributed by atoms with Crippen LogP contribution in [0.3, 0.4) is 0 Å². The third kappa shape index (κ3) is 5.37. The van der Waals surface area contributed by atoms with Crippen molar-refractivity contribution < 1.29 is 25.8 Å². The van der Waals surface area contributed by atoms with Crippen molar-refractivity contribution in [2.24, 2.45) is 0 Å². The van der Waals surface area contributed by atoms with Gasteiger partial charge in [-0.2, -0.15) is 17.2 Å². The molecule has 0 amide bonds. The van der Waals surface area contributed by atoms with E-state index in [4.69, 9.17) is 9.72 Å². The Morgan fingerprint density at radius 1 is 0.795 bits per heavy atom. The molecule has 6 heteroatoms. The van der Waals surface area contributed by atoms with Crippen LogP contribution in [-0.2, 0) is 21.1 Å². The minimum Gasteiger partial charge on any atom is -0.509 e. The topological polar surface area (TPSA) is 44.9 Å². The Labute approximate surface area is 272 Å². The summed E-state index contributed by atoms with van der Waals surface area (Å²) >= 11 is 0. The molecule has 0 atom stereocenters. The summed E-state index contributed by atoms with van der Waals surface area (Å²) in [6.07, 6.45) is 5.85. The minimum absolute atomic E-state index is 0.